The van der Waals surface area contributed by atoms with Gasteiger partial charge in [-0.2, -0.15) is 5.10 Å². The number of aliphatic hydroxyl groups is 1. The van der Waals surface area contributed by atoms with Crippen molar-refractivity contribution in [2.45, 2.75) is 25.9 Å². The second-order valence-electron chi connectivity index (χ2n) is 2.99. The molecule has 0 saturated carbocycles. The highest BCUT2D eigenvalue weighted by molar-refractivity contribution is 4.97. The Kier molecular flexibility index (Phi) is 2.78. The van der Waals surface area contributed by atoms with Gasteiger partial charge in [0.25, 0.3) is 0 Å². The van der Waals surface area contributed by atoms with Gasteiger partial charge in [0.1, 0.15) is 6.10 Å². The van der Waals surface area contributed by atoms with Gasteiger partial charge in [-0.3, -0.25) is 5.10 Å². The third kappa shape index (κ3) is 1.80. The van der Waals surface area contributed by atoms with Crippen molar-refractivity contribution >= 4 is 0 Å². The average Bonchev–Trinajstić information content (AvgIpc) is 2.51. The van der Waals surface area contributed by atoms with Gasteiger partial charge >= 0.3 is 0 Å². The number of hydrogen-bond acceptors (Lipinski definition) is 4. The second kappa shape index (κ2) is 3.64. The maximum absolute atomic E-state index is 9.27. The summed E-state index contributed by atoms with van der Waals surface area (Å²) in [6, 6.07) is 0. The topological polar surface area (TPSA) is 87.8 Å². The summed E-state index contributed by atoms with van der Waals surface area (Å²) in [5, 5.41) is 15.8. The maximum atomic E-state index is 9.27. The molecule has 5 heteroatoms. The first-order valence-corrected chi connectivity index (χ1v) is 3.95. The standard InChI is InChI=1S/C7H14N4O/c1-4(2)6-9-7(11-10-6)5(12)3-8/h4-5,12H,3,8H2,1-2H3,(H,9,10,11). The van der Waals surface area contributed by atoms with Crippen molar-refractivity contribution in [3.8, 4) is 0 Å². The third-order valence-electron chi connectivity index (χ3n) is 1.58. The zero-order valence-electron chi connectivity index (χ0n) is 7.28. The lowest BCUT2D eigenvalue weighted by Crippen LogP contribution is -2.12. The first-order chi connectivity index (χ1) is 5.65. The highest BCUT2D eigenvalue weighted by atomic mass is 16.3. The van der Waals surface area contributed by atoms with Crippen LogP contribution >= 0.6 is 0 Å². The normalized spacial score (nSPS) is 13.8. The molecule has 0 aliphatic heterocycles. The van der Waals surface area contributed by atoms with Gasteiger partial charge in [0, 0.05) is 12.5 Å². The molecular formula is C7H14N4O. The lowest BCUT2D eigenvalue weighted by molar-refractivity contribution is 0.177. The Balaban J connectivity index is 2.77. The number of nitrogens with one attached hydrogen (secondary N) is 1. The molecule has 0 aliphatic carbocycles. The van der Waals surface area contributed by atoms with Gasteiger partial charge < -0.3 is 10.8 Å². The highest BCUT2D eigenvalue weighted by Gasteiger charge is 2.12. The fourth-order valence-corrected chi connectivity index (χ4v) is 0.807. The quantitative estimate of drug-likeness (QED) is 0.592. The Labute approximate surface area is 71.0 Å². The van der Waals surface area contributed by atoms with Crippen LogP contribution in [0, 0.1) is 0 Å². The molecule has 0 fully saturated rings. The summed E-state index contributed by atoms with van der Waals surface area (Å²) in [6.07, 6.45) is -0.731. The van der Waals surface area contributed by atoms with E-state index in [9.17, 15) is 5.11 Å². The van der Waals surface area contributed by atoms with Crippen molar-refractivity contribution in [3.05, 3.63) is 11.6 Å². The first-order valence-electron chi connectivity index (χ1n) is 3.95. The van der Waals surface area contributed by atoms with Crippen LogP contribution in [0.5, 0.6) is 0 Å². The molecule has 0 radical (unpaired) electrons. The average molecular weight is 170 g/mol. The minimum Gasteiger partial charge on any atom is -0.384 e. The predicted molar refractivity (Wildman–Crippen MR) is 44.5 cm³/mol. The second-order valence-corrected chi connectivity index (χ2v) is 2.99. The maximum Gasteiger partial charge on any atom is 0.154 e. The molecule has 0 aromatic carbocycles. The number of H-pyrrole nitrogens is 1. The van der Waals surface area contributed by atoms with Gasteiger partial charge in [-0.15, -0.1) is 0 Å². The van der Waals surface area contributed by atoms with Gasteiger partial charge in [0.15, 0.2) is 11.6 Å². The molecule has 68 valence electrons. The molecule has 1 atom stereocenters. The Morgan fingerprint density at radius 1 is 1.58 bits per heavy atom. The van der Waals surface area contributed by atoms with Gasteiger partial charge in [-0.25, -0.2) is 4.98 Å². The summed E-state index contributed by atoms with van der Waals surface area (Å²) >= 11 is 0. The van der Waals surface area contributed by atoms with Crippen LogP contribution in [0.25, 0.3) is 0 Å². The highest BCUT2D eigenvalue weighted by Crippen LogP contribution is 2.11. The van der Waals surface area contributed by atoms with E-state index in [1.54, 1.807) is 0 Å². The van der Waals surface area contributed by atoms with Gasteiger partial charge in [-0.1, -0.05) is 13.8 Å². The summed E-state index contributed by atoms with van der Waals surface area (Å²) < 4.78 is 0. The van der Waals surface area contributed by atoms with E-state index in [2.05, 4.69) is 15.2 Å². The van der Waals surface area contributed by atoms with E-state index < -0.39 is 6.10 Å². The van der Waals surface area contributed by atoms with Crippen LogP contribution in [-0.2, 0) is 0 Å². The Morgan fingerprint density at radius 3 is 2.67 bits per heavy atom. The lowest BCUT2D eigenvalue weighted by Gasteiger charge is -2.00. The molecule has 0 spiro atoms. The van der Waals surface area contributed by atoms with Crippen molar-refractivity contribution in [2.24, 2.45) is 5.73 Å². The van der Waals surface area contributed by atoms with E-state index in [4.69, 9.17) is 5.73 Å². The number of nitrogens with two attached hydrogens (primary N) is 1. The summed E-state index contributed by atoms with van der Waals surface area (Å²) in [5.41, 5.74) is 5.25. The SMILES string of the molecule is CC(C)c1n[nH]c(C(O)CN)n1. The zero-order chi connectivity index (χ0) is 9.14. The minimum absolute atomic E-state index is 0.159. The van der Waals surface area contributed by atoms with Crippen LogP contribution in [0.15, 0.2) is 0 Å². The van der Waals surface area contributed by atoms with Crippen molar-refractivity contribution in [1.29, 1.82) is 0 Å². The largest absolute Gasteiger partial charge is 0.384 e. The van der Waals surface area contributed by atoms with E-state index in [-0.39, 0.29) is 12.5 Å². The van der Waals surface area contributed by atoms with Crippen molar-refractivity contribution < 1.29 is 5.11 Å². The van der Waals surface area contributed by atoms with Crippen molar-refractivity contribution in [3.63, 3.8) is 0 Å². The zero-order valence-corrected chi connectivity index (χ0v) is 7.28. The van der Waals surface area contributed by atoms with Crippen LogP contribution in [0.3, 0.4) is 0 Å². The number of hydrogen-bond donors (Lipinski definition) is 3. The van der Waals surface area contributed by atoms with E-state index >= 15 is 0 Å². The number of rotatable bonds is 3. The van der Waals surface area contributed by atoms with Crippen molar-refractivity contribution in [2.75, 3.05) is 6.54 Å². The minimum atomic E-state index is -0.731. The number of aromatic nitrogens is 3. The Hall–Kier alpha value is -0.940. The van der Waals surface area contributed by atoms with Crippen LogP contribution in [0.2, 0.25) is 0 Å². The monoisotopic (exact) mass is 170 g/mol. The van der Waals surface area contributed by atoms with E-state index in [1.165, 1.54) is 0 Å². The molecule has 5 nitrogen and oxygen atoms in total. The molecule has 0 saturated heterocycles. The van der Waals surface area contributed by atoms with Crippen LogP contribution in [-0.4, -0.2) is 26.8 Å². The molecule has 0 bridgehead atoms. The third-order valence-corrected chi connectivity index (χ3v) is 1.58. The van der Waals surface area contributed by atoms with E-state index in [0.717, 1.165) is 0 Å². The number of nitrogens with zero attached hydrogens (tertiary/aromatic N) is 2. The molecule has 0 amide bonds. The molecule has 1 aromatic heterocycles. The summed E-state index contributed by atoms with van der Waals surface area (Å²) in [7, 11) is 0. The summed E-state index contributed by atoms with van der Waals surface area (Å²) in [5.74, 6) is 1.42. The summed E-state index contributed by atoms with van der Waals surface area (Å²) in [6.45, 7) is 4.14. The van der Waals surface area contributed by atoms with Gasteiger partial charge in [-0.05, 0) is 0 Å². The fraction of sp³-hybridized carbons (Fsp3) is 0.714. The molecule has 12 heavy (non-hydrogen) atoms. The molecule has 1 unspecified atom stereocenters. The Bertz CT molecular complexity index is 245. The number of aromatic amines is 1. The van der Waals surface area contributed by atoms with Crippen molar-refractivity contribution in [1.82, 2.24) is 15.2 Å². The Morgan fingerprint density at radius 2 is 2.25 bits per heavy atom. The predicted octanol–water partition coefficient (Wildman–Crippen LogP) is -0.0798. The first kappa shape index (κ1) is 9.15. The number of aliphatic hydroxyl groups excluding tert-OH is 1. The van der Waals surface area contributed by atoms with Gasteiger partial charge in [0.2, 0.25) is 0 Å². The molecule has 1 rings (SSSR count). The van der Waals surface area contributed by atoms with Gasteiger partial charge in [0.05, 0.1) is 0 Å². The molecule has 4 N–H and O–H groups in total. The smallest absolute Gasteiger partial charge is 0.154 e. The lowest BCUT2D eigenvalue weighted by atomic mass is 10.2. The van der Waals surface area contributed by atoms with Crippen LogP contribution < -0.4 is 5.73 Å². The van der Waals surface area contributed by atoms with E-state index in [1.807, 2.05) is 13.8 Å². The fourth-order valence-electron chi connectivity index (χ4n) is 0.807. The molecule has 1 aromatic rings. The van der Waals surface area contributed by atoms with Crippen LogP contribution in [0.1, 0.15) is 37.5 Å². The molecule has 0 aliphatic rings. The molecule has 1 heterocycles. The van der Waals surface area contributed by atoms with E-state index in [0.29, 0.717) is 11.6 Å². The summed E-state index contributed by atoms with van der Waals surface area (Å²) in [4.78, 5) is 4.08. The van der Waals surface area contributed by atoms with Crippen LogP contribution in [0.4, 0.5) is 0 Å². The molecular weight excluding hydrogens is 156 g/mol.